The van der Waals surface area contributed by atoms with Gasteiger partial charge in [0.2, 0.25) is 0 Å². The molecule has 0 amide bonds. The van der Waals surface area contributed by atoms with Gasteiger partial charge in [0.1, 0.15) is 0 Å². The van der Waals surface area contributed by atoms with Gasteiger partial charge in [0, 0.05) is 20.4 Å². The molecule has 0 atom stereocenters. The minimum Gasteiger partial charge on any atom is -0.155 e. The molecule has 0 spiro atoms. The Morgan fingerprint density at radius 3 is 1.20 bits per heavy atom. The van der Waals surface area contributed by atoms with E-state index in [4.69, 9.17) is 23.6 Å². The van der Waals surface area contributed by atoms with Gasteiger partial charge in [0.05, 0.1) is 0 Å². The summed E-state index contributed by atoms with van der Waals surface area (Å²) < 4.78 is 0. The summed E-state index contributed by atoms with van der Waals surface area (Å²) in [5, 5.41) is 0. The van der Waals surface area contributed by atoms with E-state index in [2.05, 4.69) is 0 Å². The van der Waals surface area contributed by atoms with Crippen molar-refractivity contribution in [3.05, 3.63) is 0 Å². The van der Waals surface area contributed by atoms with Crippen molar-refractivity contribution in [3.8, 4) is 0 Å². The standard InChI is InChI=1S/Cl2H2N2.Pd/c1-3-4-2;/h3-4H;. The number of nitrogens with one attached hydrogen (secondary N) is 2. The first-order chi connectivity index (χ1) is 1.91. The van der Waals surface area contributed by atoms with Crippen LogP contribution in [-0.2, 0) is 20.4 Å². The Hall–Kier alpha value is 1.16. The van der Waals surface area contributed by atoms with Crippen LogP contribution in [0, 0.1) is 0 Å². The van der Waals surface area contributed by atoms with Gasteiger partial charge in [-0.3, -0.25) is 0 Å². The Morgan fingerprint density at radius 2 is 1.20 bits per heavy atom. The maximum absolute atomic E-state index is 4.69. The molecular formula is H2Cl2N2Pd. The Morgan fingerprint density at radius 1 is 1.00 bits per heavy atom. The molecule has 0 fully saturated rings. The number of rotatable bonds is 1. The fourth-order valence-corrected chi connectivity index (χ4v) is 0. The molecule has 2 nitrogen and oxygen atoms in total. The molecule has 0 rings (SSSR count). The normalized spacial score (nSPS) is 6.00. The van der Waals surface area contributed by atoms with Crippen molar-refractivity contribution in [2.45, 2.75) is 0 Å². The van der Waals surface area contributed by atoms with Gasteiger partial charge in [-0.2, -0.15) is 9.89 Å². The molecule has 5 heavy (non-hydrogen) atoms. The summed E-state index contributed by atoms with van der Waals surface area (Å²) in [7, 11) is 0. The second kappa shape index (κ2) is 8.94. The number of halogens is 2. The van der Waals surface area contributed by atoms with Gasteiger partial charge in [-0.05, 0) is 23.6 Å². The first-order valence-electron chi connectivity index (χ1n) is 0.628. The zero-order valence-electron chi connectivity index (χ0n) is 2.07. The van der Waals surface area contributed by atoms with Crippen LogP contribution in [0.5, 0.6) is 0 Å². The molecule has 0 aromatic carbocycles. The second-order valence-corrected chi connectivity index (χ2v) is 0.567. The van der Waals surface area contributed by atoms with E-state index < -0.39 is 0 Å². The first-order valence-corrected chi connectivity index (χ1v) is 1.38. The van der Waals surface area contributed by atoms with Crippen LogP contribution in [0.1, 0.15) is 0 Å². The zero-order chi connectivity index (χ0) is 3.41. The Kier molecular flexibility index (Phi) is 17.0. The predicted molar refractivity (Wildman–Crippen MR) is 18.0 cm³/mol. The molecule has 0 saturated heterocycles. The van der Waals surface area contributed by atoms with Crippen molar-refractivity contribution >= 4 is 23.6 Å². The molecule has 0 aliphatic heterocycles. The van der Waals surface area contributed by atoms with Crippen LogP contribution in [0.25, 0.3) is 0 Å². The average molecular weight is 207 g/mol. The smallest absolute Gasteiger partial charge is 0 e. The van der Waals surface area contributed by atoms with Crippen LogP contribution in [-0.4, -0.2) is 0 Å². The van der Waals surface area contributed by atoms with Crippen molar-refractivity contribution < 1.29 is 20.4 Å². The van der Waals surface area contributed by atoms with E-state index in [-0.39, 0.29) is 20.4 Å². The van der Waals surface area contributed by atoms with Crippen molar-refractivity contribution in [3.63, 3.8) is 0 Å². The third-order valence-electron chi connectivity index (χ3n) is 0.0357. The summed E-state index contributed by atoms with van der Waals surface area (Å²) in [6, 6.07) is 0. The van der Waals surface area contributed by atoms with Crippen molar-refractivity contribution in [1.82, 2.24) is 9.89 Å². The Bertz CT molecular complexity index is 9.61. The number of hydrazine groups is 1. The summed E-state index contributed by atoms with van der Waals surface area (Å²) in [5.41, 5.74) is 0. The van der Waals surface area contributed by atoms with Gasteiger partial charge in [-0.25, -0.2) is 0 Å². The van der Waals surface area contributed by atoms with Gasteiger partial charge in [-0.15, -0.1) is 0 Å². The molecule has 0 aromatic heterocycles. The van der Waals surface area contributed by atoms with E-state index in [1.54, 1.807) is 0 Å². The summed E-state index contributed by atoms with van der Waals surface area (Å²) in [4.78, 5) is 3.84. The summed E-state index contributed by atoms with van der Waals surface area (Å²) in [5.74, 6) is 0. The van der Waals surface area contributed by atoms with E-state index in [0.717, 1.165) is 0 Å². The largest absolute Gasteiger partial charge is 0.155 e. The number of hydrogen-bond acceptors (Lipinski definition) is 2. The van der Waals surface area contributed by atoms with Crippen LogP contribution >= 0.6 is 23.6 Å². The van der Waals surface area contributed by atoms with E-state index in [1.165, 1.54) is 0 Å². The summed E-state index contributed by atoms with van der Waals surface area (Å²) in [6.07, 6.45) is 0. The first kappa shape index (κ1) is 9.48. The minimum atomic E-state index is 0. The van der Waals surface area contributed by atoms with Gasteiger partial charge >= 0.3 is 0 Å². The van der Waals surface area contributed by atoms with Gasteiger partial charge in [-0.1, -0.05) is 0 Å². The predicted octanol–water partition coefficient (Wildman–Crippen LogP) is 0.386. The van der Waals surface area contributed by atoms with Crippen LogP contribution in [0.3, 0.4) is 0 Å². The molecule has 0 heterocycles. The average Bonchev–Trinajstić information content (AvgIpc) is 1.37. The third-order valence-corrected chi connectivity index (χ3v) is 0.321. The maximum Gasteiger partial charge on any atom is 0 e. The molecule has 0 bridgehead atoms. The van der Waals surface area contributed by atoms with Crippen LogP contribution in [0.15, 0.2) is 0 Å². The van der Waals surface area contributed by atoms with Crippen LogP contribution in [0.4, 0.5) is 0 Å². The van der Waals surface area contributed by atoms with E-state index >= 15 is 0 Å². The molecular weight excluding hydrogens is 205 g/mol. The molecule has 0 saturated carbocycles. The molecule has 0 radical (unpaired) electrons. The molecule has 36 valence electrons. The topological polar surface area (TPSA) is 24.1 Å². The van der Waals surface area contributed by atoms with Crippen LogP contribution in [0.2, 0.25) is 0 Å². The van der Waals surface area contributed by atoms with Gasteiger partial charge < -0.3 is 0 Å². The summed E-state index contributed by atoms with van der Waals surface area (Å²) >= 11 is 9.39. The molecule has 5 heteroatoms. The van der Waals surface area contributed by atoms with E-state index in [1.807, 2.05) is 9.89 Å². The van der Waals surface area contributed by atoms with Gasteiger partial charge in [0.15, 0.2) is 0 Å². The number of hydrogen-bond donors (Lipinski definition) is 2. The zero-order valence-corrected chi connectivity index (χ0v) is 5.14. The Balaban J connectivity index is 0. The van der Waals surface area contributed by atoms with E-state index in [0.29, 0.717) is 0 Å². The van der Waals surface area contributed by atoms with Crippen LogP contribution < -0.4 is 9.89 Å². The molecule has 0 unspecified atom stereocenters. The SMILES string of the molecule is ClNNCl.[Pd]. The molecule has 2 N–H and O–H groups in total. The quantitative estimate of drug-likeness (QED) is 0.369. The second-order valence-electron chi connectivity index (χ2n) is 0.189. The maximum atomic E-state index is 4.69. The fraction of sp³-hybridized carbons (Fsp3) is 0. The molecule has 0 aliphatic carbocycles. The summed E-state index contributed by atoms with van der Waals surface area (Å²) in [6.45, 7) is 0. The molecule has 0 aromatic rings. The van der Waals surface area contributed by atoms with Crippen molar-refractivity contribution in [2.24, 2.45) is 0 Å². The molecule has 0 aliphatic rings. The third kappa shape index (κ3) is 11.0. The Labute approximate surface area is 54.1 Å². The van der Waals surface area contributed by atoms with Crippen molar-refractivity contribution in [1.29, 1.82) is 0 Å². The fourth-order valence-electron chi connectivity index (χ4n) is 0. The van der Waals surface area contributed by atoms with Gasteiger partial charge in [0.25, 0.3) is 0 Å². The monoisotopic (exact) mass is 206 g/mol. The van der Waals surface area contributed by atoms with Crippen molar-refractivity contribution in [2.75, 3.05) is 0 Å². The van der Waals surface area contributed by atoms with E-state index in [9.17, 15) is 0 Å². The minimum absolute atomic E-state index is 0.